The van der Waals surface area contributed by atoms with Crippen LogP contribution in [-0.4, -0.2) is 22.9 Å². The molecule has 0 aliphatic carbocycles. The Balaban J connectivity index is 1.77. The number of nitro groups is 1. The summed E-state index contributed by atoms with van der Waals surface area (Å²) < 4.78 is 0. The van der Waals surface area contributed by atoms with Crippen molar-refractivity contribution in [3.63, 3.8) is 0 Å². The number of nitrogens with zero attached hydrogens (tertiary/aromatic N) is 2. The number of hydrogen-bond donors (Lipinski definition) is 2. The van der Waals surface area contributed by atoms with Crippen molar-refractivity contribution in [2.24, 2.45) is 5.92 Å². The molecule has 3 rings (SSSR count). The molecule has 1 aromatic rings. The van der Waals surface area contributed by atoms with Gasteiger partial charge < -0.3 is 10.6 Å². The lowest BCUT2D eigenvalue weighted by atomic mass is 9.88. The first-order valence-corrected chi connectivity index (χ1v) is 6.84. The van der Waals surface area contributed by atoms with Gasteiger partial charge in [-0.25, -0.2) is 0 Å². The Hall–Kier alpha value is -2.46. The van der Waals surface area contributed by atoms with E-state index in [-0.39, 0.29) is 29.1 Å². The molecule has 7 nitrogen and oxygen atoms in total. The van der Waals surface area contributed by atoms with Crippen molar-refractivity contribution in [1.82, 2.24) is 5.32 Å². The van der Waals surface area contributed by atoms with Crippen molar-refractivity contribution in [3.8, 4) is 6.07 Å². The van der Waals surface area contributed by atoms with Gasteiger partial charge in [-0.3, -0.25) is 14.9 Å². The molecule has 0 spiro atoms. The second-order valence-electron chi connectivity index (χ2n) is 5.48. The Morgan fingerprint density at radius 2 is 2.29 bits per heavy atom. The third-order valence-corrected chi connectivity index (χ3v) is 4.23. The second kappa shape index (κ2) is 5.14. The molecule has 1 amide bonds. The third-order valence-electron chi connectivity index (χ3n) is 4.23. The lowest BCUT2D eigenvalue weighted by Gasteiger charge is -2.19. The lowest BCUT2D eigenvalue weighted by molar-refractivity contribution is -0.384. The Labute approximate surface area is 121 Å². The Bertz CT molecular complexity index is 652. The van der Waals surface area contributed by atoms with Gasteiger partial charge in [0.1, 0.15) is 6.07 Å². The van der Waals surface area contributed by atoms with Crippen molar-refractivity contribution in [3.05, 3.63) is 33.9 Å². The maximum absolute atomic E-state index is 12.3. The lowest BCUT2D eigenvalue weighted by Crippen LogP contribution is -2.33. The van der Waals surface area contributed by atoms with Crippen LogP contribution in [0.4, 0.5) is 11.4 Å². The summed E-state index contributed by atoms with van der Waals surface area (Å²) in [5.41, 5.74) is 0.274. The fourth-order valence-electron chi connectivity index (χ4n) is 3.19. The molecule has 3 unspecified atom stereocenters. The van der Waals surface area contributed by atoms with Gasteiger partial charge in [-0.15, -0.1) is 0 Å². The van der Waals surface area contributed by atoms with E-state index in [4.69, 9.17) is 5.26 Å². The van der Waals surface area contributed by atoms with Crippen LogP contribution in [-0.2, 0) is 4.79 Å². The molecule has 2 heterocycles. The predicted molar refractivity (Wildman–Crippen MR) is 74.5 cm³/mol. The zero-order chi connectivity index (χ0) is 15.0. The van der Waals surface area contributed by atoms with Crippen LogP contribution in [0.5, 0.6) is 0 Å². The first-order valence-electron chi connectivity index (χ1n) is 6.84. The highest BCUT2D eigenvalue weighted by Crippen LogP contribution is 2.34. The molecule has 2 aliphatic rings. The zero-order valence-corrected chi connectivity index (χ0v) is 11.2. The maximum Gasteiger partial charge on any atom is 0.270 e. The van der Waals surface area contributed by atoms with Crippen molar-refractivity contribution in [1.29, 1.82) is 5.26 Å². The molecular weight excluding hydrogens is 272 g/mol. The first-order chi connectivity index (χ1) is 10.1. The number of fused-ring (bicyclic) bond motifs is 2. The normalized spacial score (nSPS) is 26.3. The number of benzene rings is 1. The highest BCUT2D eigenvalue weighted by molar-refractivity contribution is 5.94. The molecule has 2 N–H and O–H groups in total. The van der Waals surface area contributed by atoms with Crippen LogP contribution in [0.15, 0.2) is 18.2 Å². The summed E-state index contributed by atoms with van der Waals surface area (Å²) in [6, 6.07) is 6.38. The topological polar surface area (TPSA) is 108 Å². The van der Waals surface area contributed by atoms with Gasteiger partial charge in [0, 0.05) is 24.2 Å². The minimum Gasteiger partial charge on any atom is -0.325 e. The largest absolute Gasteiger partial charge is 0.325 e. The summed E-state index contributed by atoms with van der Waals surface area (Å²) in [5, 5.41) is 25.9. The van der Waals surface area contributed by atoms with Crippen LogP contribution in [0.1, 0.15) is 24.8 Å². The van der Waals surface area contributed by atoms with E-state index in [0.717, 1.165) is 19.3 Å². The molecule has 1 aromatic carbocycles. The van der Waals surface area contributed by atoms with Crippen molar-refractivity contribution in [2.45, 2.75) is 31.3 Å². The summed E-state index contributed by atoms with van der Waals surface area (Å²) in [6.07, 6.45) is 2.91. The van der Waals surface area contributed by atoms with Crippen LogP contribution in [0.2, 0.25) is 0 Å². The summed E-state index contributed by atoms with van der Waals surface area (Å²) >= 11 is 0. The number of rotatable bonds is 3. The van der Waals surface area contributed by atoms with E-state index in [9.17, 15) is 14.9 Å². The summed E-state index contributed by atoms with van der Waals surface area (Å²) in [5.74, 6) is -0.217. The molecule has 0 radical (unpaired) electrons. The van der Waals surface area contributed by atoms with Crippen molar-refractivity contribution < 1.29 is 9.72 Å². The summed E-state index contributed by atoms with van der Waals surface area (Å²) in [6.45, 7) is 0. The number of carbonyl (C=O) groups excluding carboxylic acids is 1. The molecule has 3 atom stereocenters. The molecule has 2 saturated heterocycles. The monoisotopic (exact) mass is 286 g/mol. The number of non-ortho nitro benzene ring substituents is 1. The second-order valence-corrected chi connectivity index (χ2v) is 5.48. The van der Waals surface area contributed by atoms with Gasteiger partial charge in [0.25, 0.3) is 5.69 Å². The smallest absolute Gasteiger partial charge is 0.270 e. The first kappa shape index (κ1) is 13.5. The van der Waals surface area contributed by atoms with Gasteiger partial charge in [0.15, 0.2) is 0 Å². The van der Waals surface area contributed by atoms with Crippen LogP contribution in [0.25, 0.3) is 0 Å². The van der Waals surface area contributed by atoms with Gasteiger partial charge in [0.05, 0.1) is 22.1 Å². The molecule has 2 bridgehead atoms. The van der Waals surface area contributed by atoms with E-state index >= 15 is 0 Å². The third kappa shape index (κ3) is 2.45. The van der Waals surface area contributed by atoms with Gasteiger partial charge in [-0.1, -0.05) is 0 Å². The highest BCUT2D eigenvalue weighted by atomic mass is 16.6. The van der Waals surface area contributed by atoms with Crippen LogP contribution in [0.3, 0.4) is 0 Å². The Morgan fingerprint density at radius 1 is 1.48 bits per heavy atom. The number of amides is 1. The fraction of sp³-hybridized carbons (Fsp3) is 0.429. The molecule has 21 heavy (non-hydrogen) atoms. The van der Waals surface area contributed by atoms with Gasteiger partial charge >= 0.3 is 0 Å². The number of nitriles is 1. The summed E-state index contributed by atoms with van der Waals surface area (Å²) in [7, 11) is 0. The molecule has 108 valence electrons. The summed E-state index contributed by atoms with van der Waals surface area (Å²) in [4.78, 5) is 22.4. The predicted octanol–water partition coefficient (Wildman–Crippen LogP) is 1.55. The van der Waals surface area contributed by atoms with E-state index in [1.54, 1.807) is 0 Å². The number of carbonyl (C=O) groups is 1. The average molecular weight is 286 g/mol. The molecule has 7 heteroatoms. The zero-order valence-electron chi connectivity index (χ0n) is 11.2. The number of anilines is 1. The fourth-order valence-corrected chi connectivity index (χ4v) is 3.19. The minimum absolute atomic E-state index is 0.0921. The highest BCUT2D eigenvalue weighted by Gasteiger charge is 2.42. The van der Waals surface area contributed by atoms with E-state index in [1.807, 2.05) is 6.07 Å². The van der Waals surface area contributed by atoms with Gasteiger partial charge in [-0.05, 0) is 25.3 Å². The Kier molecular flexibility index (Phi) is 3.31. The molecule has 2 aliphatic heterocycles. The average Bonchev–Trinajstić information content (AvgIpc) is 3.10. The number of nitrogens with one attached hydrogen (secondary N) is 2. The van der Waals surface area contributed by atoms with E-state index < -0.39 is 4.92 Å². The van der Waals surface area contributed by atoms with Crippen molar-refractivity contribution >= 4 is 17.3 Å². The number of hydrogen-bond acceptors (Lipinski definition) is 5. The minimum atomic E-state index is -0.563. The molecule has 2 fully saturated rings. The quantitative estimate of drug-likeness (QED) is 0.647. The maximum atomic E-state index is 12.3. The standard InChI is InChI=1S/C14H14N4O3/c15-7-8-5-10(18(20)21)2-4-12(8)17-14(19)11-6-9-1-3-13(11)16-9/h2,4-5,9,11,13,16H,1,3,6H2,(H,17,19). The van der Waals surface area contributed by atoms with E-state index in [1.165, 1.54) is 18.2 Å². The molecular formula is C14H14N4O3. The molecule has 0 saturated carbocycles. The SMILES string of the molecule is N#Cc1cc([N+](=O)[O-])ccc1NC(=O)C1CC2CCC1N2. The van der Waals surface area contributed by atoms with Crippen molar-refractivity contribution in [2.75, 3.05) is 5.32 Å². The Morgan fingerprint density at radius 3 is 2.86 bits per heavy atom. The van der Waals surface area contributed by atoms with Gasteiger partial charge in [-0.2, -0.15) is 5.26 Å². The van der Waals surface area contributed by atoms with Gasteiger partial charge in [0.2, 0.25) is 5.91 Å². The van der Waals surface area contributed by atoms with Crippen LogP contribution < -0.4 is 10.6 Å². The van der Waals surface area contributed by atoms with E-state index in [2.05, 4.69) is 10.6 Å². The van der Waals surface area contributed by atoms with E-state index in [0.29, 0.717) is 11.7 Å². The van der Waals surface area contributed by atoms with Crippen LogP contribution >= 0.6 is 0 Å². The van der Waals surface area contributed by atoms with Crippen LogP contribution in [0, 0.1) is 27.4 Å². The molecule has 0 aromatic heterocycles. The number of nitro benzene ring substituents is 1.